The molecule has 0 aromatic carbocycles. The third-order valence-corrected chi connectivity index (χ3v) is 7.36. The van der Waals surface area contributed by atoms with Crippen molar-refractivity contribution in [3.8, 4) is 0 Å². The summed E-state index contributed by atoms with van der Waals surface area (Å²) in [5, 5.41) is 1.24. The molecule has 0 unspecified atom stereocenters. The Morgan fingerprint density at radius 1 is 0.769 bits per heavy atom. The van der Waals surface area contributed by atoms with Crippen LogP contribution in [0.2, 0.25) is 0 Å². The number of hydrogen-bond acceptors (Lipinski definition) is 6. The number of amides is 1. The summed E-state index contributed by atoms with van der Waals surface area (Å²) in [7, 11) is 0. The van der Waals surface area contributed by atoms with Crippen LogP contribution in [0, 0.1) is 11.8 Å². The van der Waals surface area contributed by atoms with E-state index < -0.39 is 0 Å². The standard InChI is InChI=1S/C9H13NO2S.C9H13NOS2/c2*1-6(11)13-8-4-10(5-8)9(12)7-2-3-7/h2*7-8H,2-5H2,1H3. The van der Waals surface area contributed by atoms with Gasteiger partial charge < -0.3 is 9.80 Å². The van der Waals surface area contributed by atoms with Gasteiger partial charge in [-0.1, -0.05) is 35.7 Å². The van der Waals surface area contributed by atoms with Gasteiger partial charge in [-0.25, -0.2) is 0 Å². The highest BCUT2D eigenvalue weighted by molar-refractivity contribution is 8.14. The van der Waals surface area contributed by atoms with Gasteiger partial charge in [0.05, 0.1) is 4.99 Å². The van der Waals surface area contributed by atoms with Gasteiger partial charge in [0.1, 0.15) is 0 Å². The molecule has 2 aliphatic carbocycles. The number of carbonyl (C=O) groups is 3. The van der Waals surface area contributed by atoms with Gasteiger partial charge in [-0.2, -0.15) is 0 Å². The van der Waals surface area contributed by atoms with Crippen molar-refractivity contribution >= 4 is 56.9 Å². The largest absolute Gasteiger partial charge is 0.364 e. The van der Waals surface area contributed by atoms with Gasteiger partial charge in [-0.3, -0.25) is 14.4 Å². The molecule has 1 amide bonds. The van der Waals surface area contributed by atoms with E-state index in [1.165, 1.54) is 36.4 Å². The number of carbonyl (C=O) groups excluding carboxylic acids is 3. The molecule has 2 saturated carbocycles. The van der Waals surface area contributed by atoms with Crippen molar-refractivity contribution in [2.24, 2.45) is 11.8 Å². The highest BCUT2D eigenvalue weighted by atomic mass is 32.2. The molecule has 4 aliphatic rings. The van der Waals surface area contributed by atoms with Crippen LogP contribution < -0.4 is 0 Å². The van der Waals surface area contributed by atoms with Crippen molar-refractivity contribution in [1.29, 1.82) is 0 Å². The van der Waals surface area contributed by atoms with E-state index in [2.05, 4.69) is 4.90 Å². The Hall–Kier alpha value is -0.600. The van der Waals surface area contributed by atoms with Gasteiger partial charge in [0.15, 0.2) is 10.2 Å². The van der Waals surface area contributed by atoms with Crippen LogP contribution in [0.5, 0.6) is 0 Å². The monoisotopic (exact) mass is 414 g/mol. The second-order valence-corrected chi connectivity index (χ2v) is 10.9. The second-order valence-electron chi connectivity index (χ2n) is 7.50. The summed E-state index contributed by atoms with van der Waals surface area (Å²) >= 11 is 8.13. The third kappa shape index (κ3) is 5.70. The SMILES string of the molecule is CC(=O)SC1CN(C(=O)C2CC2)C1.CC(=O)SC1CN(C(=S)C2CC2)C1. The third-order valence-electron chi connectivity index (χ3n) is 4.84. The molecule has 4 rings (SSSR count). The fraction of sp³-hybridized carbons (Fsp3) is 0.778. The number of thioether (sulfide) groups is 2. The molecule has 2 saturated heterocycles. The Labute approximate surface area is 169 Å². The molecule has 0 radical (unpaired) electrons. The predicted octanol–water partition coefficient (Wildman–Crippen LogP) is 2.57. The lowest BCUT2D eigenvalue weighted by Gasteiger charge is -2.40. The minimum Gasteiger partial charge on any atom is -0.364 e. The molecule has 0 N–H and O–H groups in total. The van der Waals surface area contributed by atoms with E-state index in [4.69, 9.17) is 12.2 Å². The maximum Gasteiger partial charge on any atom is 0.225 e. The zero-order valence-electron chi connectivity index (χ0n) is 15.3. The Morgan fingerprint density at radius 3 is 1.58 bits per heavy atom. The fourth-order valence-corrected chi connectivity index (χ4v) is 5.37. The van der Waals surface area contributed by atoms with Crippen molar-refractivity contribution < 1.29 is 14.4 Å². The van der Waals surface area contributed by atoms with E-state index in [0.29, 0.717) is 28.2 Å². The first-order valence-corrected chi connectivity index (χ1v) is 11.4. The fourth-order valence-electron chi connectivity index (χ4n) is 3.03. The molecule has 8 heteroatoms. The molecule has 2 aliphatic heterocycles. The van der Waals surface area contributed by atoms with Crippen molar-refractivity contribution in [3.05, 3.63) is 0 Å². The summed E-state index contributed by atoms with van der Waals surface area (Å²) in [4.78, 5) is 38.2. The van der Waals surface area contributed by atoms with E-state index in [1.807, 2.05) is 4.90 Å². The van der Waals surface area contributed by atoms with Gasteiger partial charge in [0, 0.05) is 62.4 Å². The number of likely N-dealkylation sites (tertiary alicyclic amines) is 2. The molecular weight excluding hydrogens is 388 g/mol. The Bertz CT molecular complexity index is 540. The van der Waals surface area contributed by atoms with Crippen LogP contribution in [0.3, 0.4) is 0 Å². The van der Waals surface area contributed by atoms with Crippen molar-refractivity contribution in [3.63, 3.8) is 0 Å². The highest BCUT2D eigenvalue weighted by Gasteiger charge is 2.39. The predicted molar refractivity (Wildman–Crippen MR) is 110 cm³/mol. The molecular formula is C18H26N2O3S3. The average Bonchev–Trinajstić information content (AvgIpc) is 3.36. The van der Waals surface area contributed by atoms with Crippen LogP contribution in [0.25, 0.3) is 0 Å². The number of rotatable bonds is 4. The van der Waals surface area contributed by atoms with Crippen molar-refractivity contribution in [2.75, 3.05) is 26.2 Å². The first-order valence-electron chi connectivity index (χ1n) is 9.25. The minimum atomic E-state index is 0.156. The minimum absolute atomic E-state index is 0.156. The lowest BCUT2D eigenvalue weighted by Crippen LogP contribution is -2.52. The summed E-state index contributed by atoms with van der Waals surface area (Å²) in [6.45, 7) is 6.74. The molecule has 2 heterocycles. The highest BCUT2D eigenvalue weighted by Crippen LogP contribution is 2.35. The zero-order valence-corrected chi connectivity index (χ0v) is 17.8. The maximum atomic E-state index is 11.5. The summed E-state index contributed by atoms with van der Waals surface area (Å²) in [6, 6.07) is 0. The van der Waals surface area contributed by atoms with E-state index in [-0.39, 0.29) is 10.2 Å². The molecule has 144 valence electrons. The topological polar surface area (TPSA) is 57.7 Å². The van der Waals surface area contributed by atoms with Crippen LogP contribution in [0.1, 0.15) is 39.5 Å². The molecule has 0 spiro atoms. The molecule has 26 heavy (non-hydrogen) atoms. The van der Waals surface area contributed by atoms with Gasteiger partial charge >= 0.3 is 0 Å². The molecule has 0 aromatic heterocycles. The first kappa shape index (κ1) is 20.1. The smallest absolute Gasteiger partial charge is 0.225 e. The quantitative estimate of drug-likeness (QED) is 0.655. The number of hydrogen-bond donors (Lipinski definition) is 0. The Balaban J connectivity index is 0.000000151. The van der Waals surface area contributed by atoms with Crippen LogP contribution >= 0.6 is 35.7 Å². The second kappa shape index (κ2) is 8.61. The molecule has 0 aromatic rings. The Kier molecular flexibility index (Phi) is 6.67. The molecule has 0 atom stereocenters. The molecule has 0 bridgehead atoms. The number of thiocarbonyl (C=S) groups is 1. The van der Waals surface area contributed by atoms with Gasteiger partial charge in [-0.15, -0.1) is 0 Å². The van der Waals surface area contributed by atoms with Crippen LogP contribution in [-0.2, 0) is 14.4 Å². The molecule has 5 nitrogen and oxygen atoms in total. The van der Waals surface area contributed by atoms with Crippen LogP contribution in [0.4, 0.5) is 0 Å². The Morgan fingerprint density at radius 2 is 1.19 bits per heavy atom. The summed E-state index contributed by atoms with van der Waals surface area (Å²) in [5.41, 5.74) is 0. The van der Waals surface area contributed by atoms with E-state index in [1.54, 1.807) is 13.8 Å². The zero-order chi connectivity index (χ0) is 18.8. The van der Waals surface area contributed by atoms with Gasteiger partial charge in [0.2, 0.25) is 5.91 Å². The van der Waals surface area contributed by atoms with Crippen molar-refractivity contribution in [2.45, 2.75) is 50.0 Å². The van der Waals surface area contributed by atoms with Crippen molar-refractivity contribution in [1.82, 2.24) is 9.80 Å². The van der Waals surface area contributed by atoms with E-state index in [0.717, 1.165) is 44.0 Å². The number of nitrogens with zero attached hydrogens (tertiary/aromatic N) is 2. The van der Waals surface area contributed by atoms with Gasteiger partial charge in [-0.05, 0) is 25.7 Å². The molecule has 4 fully saturated rings. The van der Waals surface area contributed by atoms with Gasteiger partial charge in [0.25, 0.3) is 0 Å². The van der Waals surface area contributed by atoms with E-state index >= 15 is 0 Å². The first-order chi connectivity index (χ1) is 12.3. The summed E-state index contributed by atoms with van der Waals surface area (Å²) < 4.78 is 0. The lowest BCUT2D eigenvalue weighted by molar-refractivity contribution is -0.135. The normalized spacial score (nSPS) is 22.7. The average molecular weight is 415 g/mol. The maximum absolute atomic E-state index is 11.5. The summed E-state index contributed by atoms with van der Waals surface area (Å²) in [6.07, 6.45) is 4.69. The lowest BCUT2D eigenvalue weighted by atomic mass is 10.2. The summed E-state index contributed by atoms with van der Waals surface area (Å²) in [5.74, 6) is 1.32. The van der Waals surface area contributed by atoms with E-state index in [9.17, 15) is 14.4 Å². The van der Waals surface area contributed by atoms with Crippen LogP contribution in [-0.4, -0.2) is 67.6 Å². The van der Waals surface area contributed by atoms with Crippen LogP contribution in [0.15, 0.2) is 0 Å².